The van der Waals surface area contributed by atoms with Gasteiger partial charge in [-0.2, -0.15) is 0 Å². The first kappa shape index (κ1) is 12.8. The van der Waals surface area contributed by atoms with E-state index in [0.29, 0.717) is 0 Å². The fourth-order valence-corrected chi connectivity index (χ4v) is 2.40. The fourth-order valence-electron chi connectivity index (χ4n) is 2.40. The summed E-state index contributed by atoms with van der Waals surface area (Å²) in [6, 6.07) is 15.2. The Balaban J connectivity index is 2.27. The molecule has 1 nitrogen and oxygen atoms in total. The Labute approximate surface area is 110 Å². The highest BCUT2D eigenvalue weighted by Gasteiger charge is 2.05. The lowest BCUT2D eigenvalue weighted by atomic mass is 10.0. The molecule has 0 atom stereocenters. The first-order valence-corrected chi connectivity index (χ1v) is 6.65. The standard InChI is InChI=1S/C17H21N/c1-3-12-18(13-4-2)14-16-10-7-9-15-8-5-6-11-17(15)16/h3,5-11H,1,4,12-14H2,2H3. The molecule has 0 saturated heterocycles. The monoisotopic (exact) mass is 239 g/mol. The van der Waals surface area contributed by atoms with E-state index in [0.717, 1.165) is 19.6 Å². The highest BCUT2D eigenvalue weighted by molar-refractivity contribution is 5.85. The maximum atomic E-state index is 3.85. The molecule has 0 fully saturated rings. The summed E-state index contributed by atoms with van der Waals surface area (Å²) < 4.78 is 0. The summed E-state index contributed by atoms with van der Waals surface area (Å²) in [6.07, 6.45) is 3.17. The molecule has 0 radical (unpaired) electrons. The van der Waals surface area contributed by atoms with Crippen molar-refractivity contribution in [2.24, 2.45) is 0 Å². The number of hydrogen-bond acceptors (Lipinski definition) is 1. The second-order valence-corrected chi connectivity index (χ2v) is 4.66. The Kier molecular flexibility index (Phi) is 4.54. The van der Waals surface area contributed by atoms with Crippen LogP contribution in [0, 0.1) is 0 Å². The molecule has 2 aromatic rings. The predicted molar refractivity (Wildman–Crippen MR) is 79.7 cm³/mol. The van der Waals surface area contributed by atoms with E-state index in [-0.39, 0.29) is 0 Å². The van der Waals surface area contributed by atoms with Crippen molar-refractivity contribution in [3.05, 3.63) is 60.7 Å². The van der Waals surface area contributed by atoms with Gasteiger partial charge < -0.3 is 0 Å². The summed E-state index contributed by atoms with van der Waals surface area (Å²) in [7, 11) is 0. The van der Waals surface area contributed by atoms with Gasteiger partial charge in [-0.1, -0.05) is 55.5 Å². The van der Waals surface area contributed by atoms with Crippen molar-refractivity contribution in [1.29, 1.82) is 0 Å². The second kappa shape index (κ2) is 6.36. The topological polar surface area (TPSA) is 3.24 Å². The highest BCUT2D eigenvalue weighted by Crippen LogP contribution is 2.20. The molecule has 1 heteroatoms. The van der Waals surface area contributed by atoms with Crippen molar-refractivity contribution < 1.29 is 0 Å². The summed E-state index contributed by atoms with van der Waals surface area (Å²) >= 11 is 0. The Morgan fingerprint density at radius 2 is 1.89 bits per heavy atom. The Morgan fingerprint density at radius 3 is 2.67 bits per heavy atom. The molecule has 0 aliphatic rings. The van der Waals surface area contributed by atoms with Gasteiger partial charge in [-0.15, -0.1) is 6.58 Å². The molecule has 0 aliphatic carbocycles. The molecule has 94 valence electrons. The molecule has 0 N–H and O–H groups in total. The first-order chi connectivity index (χ1) is 8.85. The Morgan fingerprint density at radius 1 is 1.11 bits per heavy atom. The van der Waals surface area contributed by atoms with E-state index in [2.05, 4.69) is 60.9 Å². The molecule has 0 aromatic heterocycles. The lowest BCUT2D eigenvalue weighted by Gasteiger charge is -2.20. The van der Waals surface area contributed by atoms with E-state index < -0.39 is 0 Å². The number of rotatable bonds is 6. The Hall–Kier alpha value is -1.60. The number of nitrogens with zero attached hydrogens (tertiary/aromatic N) is 1. The average Bonchev–Trinajstić information content (AvgIpc) is 2.40. The molecule has 2 rings (SSSR count). The Bertz CT molecular complexity index is 511. The van der Waals surface area contributed by atoms with Crippen LogP contribution in [0.25, 0.3) is 10.8 Å². The molecular formula is C17H21N. The normalized spacial score (nSPS) is 11.0. The third-order valence-corrected chi connectivity index (χ3v) is 3.20. The van der Waals surface area contributed by atoms with Crippen molar-refractivity contribution in [3.8, 4) is 0 Å². The van der Waals surface area contributed by atoms with Crippen molar-refractivity contribution in [1.82, 2.24) is 4.90 Å². The van der Waals surface area contributed by atoms with Crippen LogP contribution in [0.3, 0.4) is 0 Å². The third kappa shape index (κ3) is 2.99. The minimum absolute atomic E-state index is 0.955. The molecule has 18 heavy (non-hydrogen) atoms. The van der Waals surface area contributed by atoms with Crippen LogP contribution in [0.2, 0.25) is 0 Å². The zero-order valence-electron chi connectivity index (χ0n) is 11.1. The number of benzene rings is 2. The van der Waals surface area contributed by atoms with Gasteiger partial charge >= 0.3 is 0 Å². The quantitative estimate of drug-likeness (QED) is 0.682. The summed E-state index contributed by atoms with van der Waals surface area (Å²) in [5.74, 6) is 0. The molecule has 0 unspecified atom stereocenters. The SMILES string of the molecule is C=CCN(CCC)Cc1cccc2ccccc12. The second-order valence-electron chi connectivity index (χ2n) is 4.66. The minimum atomic E-state index is 0.955. The van der Waals surface area contributed by atoms with Crippen LogP contribution < -0.4 is 0 Å². The van der Waals surface area contributed by atoms with Gasteiger partial charge in [0.1, 0.15) is 0 Å². The van der Waals surface area contributed by atoms with Gasteiger partial charge in [0.2, 0.25) is 0 Å². The van der Waals surface area contributed by atoms with Crippen LogP contribution in [0.15, 0.2) is 55.1 Å². The van der Waals surface area contributed by atoms with Crippen LogP contribution in [0.4, 0.5) is 0 Å². The lowest BCUT2D eigenvalue weighted by Crippen LogP contribution is -2.24. The molecule has 0 saturated carbocycles. The van der Waals surface area contributed by atoms with Crippen LogP contribution in [0.1, 0.15) is 18.9 Å². The fraction of sp³-hybridized carbons (Fsp3) is 0.294. The maximum absolute atomic E-state index is 3.85. The molecule has 0 bridgehead atoms. The van der Waals surface area contributed by atoms with E-state index in [1.54, 1.807) is 0 Å². The van der Waals surface area contributed by atoms with Crippen molar-refractivity contribution in [2.75, 3.05) is 13.1 Å². The zero-order chi connectivity index (χ0) is 12.8. The van der Waals surface area contributed by atoms with Gasteiger partial charge in [0.05, 0.1) is 0 Å². The van der Waals surface area contributed by atoms with Crippen LogP contribution in [-0.2, 0) is 6.54 Å². The number of fused-ring (bicyclic) bond motifs is 1. The van der Waals surface area contributed by atoms with Gasteiger partial charge in [-0.05, 0) is 29.3 Å². The van der Waals surface area contributed by atoms with E-state index in [1.807, 2.05) is 6.08 Å². The zero-order valence-corrected chi connectivity index (χ0v) is 11.1. The van der Waals surface area contributed by atoms with Gasteiger partial charge in [0.15, 0.2) is 0 Å². The summed E-state index contributed by atoms with van der Waals surface area (Å²) in [5, 5.41) is 2.69. The van der Waals surface area contributed by atoms with Crippen molar-refractivity contribution in [3.63, 3.8) is 0 Å². The maximum Gasteiger partial charge on any atom is 0.0243 e. The third-order valence-electron chi connectivity index (χ3n) is 3.20. The first-order valence-electron chi connectivity index (χ1n) is 6.65. The minimum Gasteiger partial charge on any atom is -0.295 e. The smallest absolute Gasteiger partial charge is 0.0243 e. The van der Waals surface area contributed by atoms with Crippen molar-refractivity contribution in [2.45, 2.75) is 19.9 Å². The van der Waals surface area contributed by atoms with Gasteiger partial charge in [0, 0.05) is 13.1 Å². The molecule has 0 amide bonds. The summed E-state index contributed by atoms with van der Waals surface area (Å²) in [5.41, 5.74) is 1.41. The molecule has 0 spiro atoms. The summed E-state index contributed by atoms with van der Waals surface area (Å²) in [4.78, 5) is 2.44. The van der Waals surface area contributed by atoms with Crippen LogP contribution in [-0.4, -0.2) is 18.0 Å². The van der Waals surface area contributed by atoms with Crippen molar-refractivity contribution >= 4 is 10.8 Å². The van der Waals surface area contributed by atoms with E-state index >= 15 is 0 Å². The van der Waals surface area contributed by atoms with Gasteiger partial charge in [0.25, 0.3) is 0 Å². The van der Waals surface area contributed by atoms with E-state index in [9.17, 15) is 0 Å². The van der Waals surface area contributed by atoms with Crippen LogP contribution >= 0.6 is 0 Å². The van der Waals surface area contributed by atoms with Crippen LogP contribution in [0.5, 0.6) is 0 Å². The molecule has 2 aromatic carbocycles. The van der Waals surface area contributed by atoms with Gasteiger partial charge in [-0.3, -0.25) is 4.90 Å². The summed E-state index contributed by atoms with van der Waals surface area (Å²) in [6.45, 7) is 9.14. The lowest BCUT2D eigenvalue weighted by molar-refractivity contribution is 0.296. The molecule has 0 aliphatic heterocycles. The largest absolute Gasteiger partial charge is 0.295 e. The van der Waals surface area contributed by atoms with E-state index in [4.69, 9.17) is 0 Å². The average molecular weight is 239 g/mol. The van der Waals surface area contributed by atoms with Gasteiger partial charge in [-0.25, -0.2) is 0 Å². The number of hydrogen-bond donors (Lipinski definition) is 0. The molecule has 0 heterocycles. The molecular weight excluding hydrogens is 218 g/mol. The highest BCUT2D eigenvalue weighted by atomic mass is 15.1. The van der Waals surface area contributed by atoms with E-state index in [1.165, 1.54) is 22.8 Å². The predicted octanol–water partition coefficient (Wildman–Crippen LogP) is 4.24.